The van der Waals surface area contributed by atoms with Gasteiger partial charge in [-0.15, -0.1) is 0 Å². The van der Waals surface area contributed by atoms with E-state index >= 15 is 0 Å². The molecular weight excluding hydrogens is 228 g/mol. The third kappa shape index (κ3) is 2.41. The van der Waals surface area contributed by atoms with E-state index in [1.807, 2.05) is 0 Å². The van der Waals surface area contributed by atoms with E-state index in [-0.39, 0.29) is 17.9 Å². The maximum Gasteiger partial charge on any atom is 0.223 e. The average molecular weight is 252 g/mol. The van der Waals surface area contributed by atoms with Crippen LogP contribution in [0.1, 0.15) is 44.9 Å². The number of nitrogens with two attached hydrogens (primary N) is 1. The van der Waals surface area contributed by atoms with Crippen LogP contribution in [0, 0.1) is 11.8 Å². The molecule has 0 spiro atoms. The molecule has 1 saturated heterocycles. The summed E-state index contributed by atoms with van der Waals surface area (Å²) >= 11 is 0. The van der Waals surface area contributed by atoms with Gasteiger partial charge in [0.2, 0.25) is 5.91 Å². The number of ether oxygens (including phenoxy) is 1. The van der Waals surface area contributed by atoms with Crippen molar-refractivity contribution < 1.29 is 9.53 Å². The van der Waals surface area contributed by atoms with Crippen LogP contribution in [0.25, 0.3) is 0 Å². The Bertz CT molecular complexity index is 321. The Kier molecular flexibility index (Phi) is 3.57. The fourth-order valence-corrected chi connectivity index (χ4v) is 3.91. The molecule has 0 aromatic heterocycles. The van der Waals surface area contributed by atoms with Gasteiger partial charge in [0, 0.05) is 30.5 Å². The minimum atomic E-state index is 0.155. The van der Waals surface area contributed by atoms with Gasteiger partial charge < -0.3 is 15.8 Å². The molecule has 2 saturated carbocycles. The van der Waals surface area contributed by atoms with Gasteiger partial charge in [0.05, 0.1) is 6.10 Å². The number of nitrogens with one attached hydrogen (secondary N) is 1. The molecule has 3 aliphatic rings. The Morgan fingerprint density at radius 1 is 1.17 bits per heavy atom. The molecule has 3 fully saturated rings. The molecule has 2 aliphatic carbocycles. The first kappa shape index (κ1) is 12.4. The third-order valence-corrected chi connectivity index (χ3v) is 4.95. The number of hydrogen-bond donors (Lipinski definition) is 2. The molecule has 0 aromatic carbocycles. The van der Waals surface area contributed by atoms with E-state index in [0.717, 1.165) is 38.7 Å². The van der Waals surface area contributed by atoms with E-state index in [4.69, 9.17) is 10.5 Å². The Morgan fingerprint density at radius 2 is 2.06 bits per heavy atom. The van der Waals surface area contributed by atoms with Crippen LogP contribution in [0.3, 0.4) is 0 Å². The first-order valence-corrected chi connectivity index (χ1v) is 7.41. The molecular formula is C14H24N2O2. The molecule has 4 heteroatoms. The highest BCUT2D eigenvalue weighted by atomic mass is 16.5. The zero-order valence-electron chi connectivity index (χ0n) is 10.9. The van der Waals surface area contributed by atoms with Crippen LogP contribution < -0.4 is 11.1 Å². The Morgan fingerprint density at radius 3 is 2.83 bits per heavy atom. The molecule has 102 valence electrons. The lowest BCUT2D eigenvalue weighted by atomic mass is 9.81. The summed E-state index contributed by atoms with van der Waals surface area (Å²) in [4.78, 5) is 12.2. The number of amides is 1. The monoisotopic (exact) mass is 252 g/mol. The highest BCUT2D eigenvalue weighted by Crippen LogP contribution is 2.35. The number of fused-ring (bicyclic) bond motifs is 1. The molecule has 5 unspecified atom stereocenters. The van der Waals surface area contributed by atoms with Crippen molar-refractivity contribution >= 4 is 5.91 Å². The lowest BCUT2D eigenvalue weighted by molar-refractivity contribution is -0.126. The Labute approximate surface area is 109 Å². The van der Waals surface area contributed by atoms with Gasteiger partial charge in [-0.2, -0.15) is 0 Å². The van der Waals surface area contributed by atoms with Crippen LogP contribution in [-0.4, -0.2) is 30.7 Å². The van der Waals surface area contributed by atoms with Crippen molar-refractivity contribution in [1.82, 2.24) is 5.32 Å². The molecule has 1 heterocycles. The van der Waals surface area contributed by atoms with Gasteiger partial charge >= 0.3 is 0 Å². The lowest BCUT2D eigenvalue weighted by Gasteiger charge is -2.33. The second kappa shape index (κ2) is 5.17. The molecule has 3 rings (SSSR count). The maximum atomic E-state index is 12.2. The molecule has 0 aromatic rings. The minimum Gasteiger partial charge on any atom is -0.378 e. The van der Waals surface area contributed by atoms with Gasteiger partial charge in [-0.1, -0.05) is 0 Å². The summed E-state index contributed by atoms with van der Waals surface area (Å²) in [5, 5.41) is 3.28. The standard InChI is InChI=1S/C14H24N2O2/c15-10-5-4-9(8-10)14(17)16-12-2-1-3-13-11(12)6-7-18-13/h9-13H,1-8,15H2,(H,16,17). The van der Waals surface area contributed by atoms with E-state index in [2.05, 4.69) is 5.32 Å². The summed E-state index contributed by atoms with van der Waals surface area (Å²) in [6.45, 7) is 0.871. The van der Waals surface area contributed by atoms with E-state index in [9.17, 15) is 4.79 Å². The molecule has 18 heavy (non-hydrogen) atoms. The van der Waals surface area contributed by atoms with Crippen molar-refractivity contribution in [1.29, 1.82) is 0 Å². The third-order valence-electron chi connectivity index (χ3n) is 4.95. The molecule has 0 bridgehead atoms. The first-order valence-electron chi connectivity index (χ1n) is 7.41. The van der Waals surface area contributed by atoms with Crippen molar-refractivity contribution in [2.75, 3.05) is 6.61 Å². The Hall–Kier alpha value is -0.610. The highest BCUT2D eigenvalue weighted by molar-refractivity contribution is 5.79. The molecule has 0 radical (unpaired) electrons. The minimum absolute atomic E-state index is 0.155. The summed E-state index contributed by atoms with van der Waals surface area (Å²) in [5.74, 6) is 0.945. The zero-order valence-corrected chi connectivity index (χ0v) is 10.9. The maximum absolute atomic E-state index is 12.2. The van der Waals surface area contributed by atoms with Gasteiger partial charge in [-0.05, 0) is 44.9 Å². The van der Waals surface area contributed by atoms with Gasteiger partial charge in [-0.25, -0.2) is 0 Å². The average Bonchev–Trinajstić information content (AvgIpc) is 2.97. The second-order valence-electron chi connectivity index (χ2n) is 6.18. The van der Waals surface area contributed by atoms with Crippen LogP contribution in [0.4, 0.5) is 0 Å². The number of hydrogen-bond acceptors (Lipinski definition) is 3. The predicted octanol–water partition coefficient (Wildman–Crippen LogP) is 1.19. The molecule has 1 amide bonds. The smallest absolute Gasteiger partial charge is 0.223 e. The quantitative estimate of drug-likeness (QED) is 0.776. The topological polar surface area (TPSA) is 64.4 Å². The number of carbonyl (C=O) groups excluding carboxylic acids is 1. The van der Waals surface area contributed by atoms with Gasteiger partial charge in [0.25, 0.3) is 0 Å². The SMILES string of the molecule is NC1CCC(C(=O)NC2CCCC3OCCC23)C1. The van der Waals surface area contributed by atoms with Crippen molar-refractivity contribution in [2.24, 2.45) is 17.6 Å². The largest absolute Gasteiger partial charge is 0.378 e. The summed E-state index contributed by atoms with van der Waals surface area (Å²) in [6.07, 6.45) is 7.80. The molecule has 3 N–H and O–H groups in total. The zero-order chi connectivity index (χ0) is 12.5. The van der Waals surface area contributed by atoms with Crippen molar-refractivity contribution in [2.45, 2.75) is 63.1 Å². The van der Waals surface area contributed by atoms with E-state index in [1.54, 1.807) is 0 Å². The first-order chi connectivity index (χ1) is 8.74. The van der Waals surface area contributed by atoms with Gasteiger partial charge in [0.1, 0.15) is 0 Å². The van der Waals surface area contributed by atoms with Gasteiger partial charge in [-0.3, -0.25) is 4.79 Å². The summed E-state index contributed by atoms with van der Waals surface area (Å²) in [6, 6.07) is 0.574. The summed E-state index contributed by atoms with van der Waals surface area (Å²) in [5.41, 5.74) is 5.88. The van der Waals surface area contributed by atoms with Crippen LogP contribution in [0.15, 0.2) is 0 Å². The second-order valence-corrected chi connectivity index (χ2v) is 6.18. The van der Waals surface area contributed by atoms with Gasteiger partial charge in [0.15, 0.2) is 0 Å². The molecule has 1 aliphatic heterocycles. The fourth-order valence-electron chi connectivity index (χ4n) is 3.91. The van der Waals surface area contributed by atoms with Crippen molar-refractivity contribution in [3.05, 3.63) is 0 Å². The van der Waals surface area contributed by atoms with E-state index in [1.165, 1.54) is 12.8 Å². The van der Waals surface area contributed by atoms with Crippen molar-refractivity contribution in [3.63, 3.8) is 0 Å². The Balaban J connectivity index is 1.56. The van der Waals surface area contributed by atoms with E-state index < -0.39 is 0 Å². The lowest BCUT2D eigenvalue weighted by Crippen LogP contribution is -2.47. The van der Waals surface area contributed by atoms with Crippen LogP contribution >= 0.6 is 0 Å². The molecule has 5 atom stereocenters. The van der Waals surface area contributed by atoms with Crippen LogP contribution in [0.2, 0.25) is 0 Å². The highest BCUT2D eigenvalue weighted by Gasteiger charge is 2.39. The summed E-state index contributed by atoms with van der Waals surface area (Å²) in [7, 11) is 0. The number of rotatable bonds is 2. The normalized spacial score (nSPS) is 43.7. The predicted molar refractivity (Wildman–Crippen MR) is 68.9 cm³/mol. The van der Waals surface area contributed by atoms with Crippen LogP contribution in [0.5, 0.6) is 0 Å². The number of carbonyl (C=O) groups is 1. The van der Waals surface area contributed by atoms with E-state index in [0.29, 0.717) is 18.1 Å². The fraction of sp³-hybridized carbons (Fsp3) is 0.929. The summed E-state index contributed by atoms with van der Waals surface area (Å²) < 4.78 is 5.74. The van der Waals surface area contributed by atoms with Crippen molar-refractivity contribution in [3.8, 4) is 0 Å². The van der Waals surface area contributed by atoms with Crippen LogP contribution in [-0.2, 0) is 9.53 Å². The molecule has 4 nitrogen and oxygen atoms in total.